The highest BCUT2D eigenvalue weighted by Gasteiger charge is 2.27. The fourth-order valence-corrected chi connectivity index (χ4v) is 2.33. The average molecular weight is 295 g/mol. The zero-order chi connectivity index (χ0) is 16.3. The van der Waals surface area contributed by atoms with Crippen LogP contribution in [0.2, 0.25) is 0 Å². The number of ketones is 1. The molecule has 0 aliphatic rings. The van der Waals surface area contributed by atoms with Crippen LogP contribution in [0.25, 0.3) is 0 Å². The number of rotatable bonds is 3. The van der Waals surface area contributed by atoms with Crippen molar-refractivity contribution in [1.29, 1.82) is 0 Å². The van der Waals surface area contributed by atoms with Crippen molar-refractivity contribution in [3.63, 3.8) is 0 Å². The van der Waals surface area contributed by atoms with Crippen molar-refractivity contribution in [2.24, 2.45) is 5.41 Å². The molecule has 0 heterocycles. The van der Waals surface area contributed by atoms with Gasteiger partial charge in [0.05, 0.1) is 5.69 Å². The SMILES string of the molecule is CC(=O)N(c1ccccc1)c1ccccc1C(=O)C(C)(C)C. The van der Waals surface area contributed by atoms with Crippen LogP contribution in [0.15, 0.2) is 54.6 Å². The number of hydrogen-bond acceptors (Lipinski definition) is 2. The van der Waals surface area contributed by atoms with Crippen LogP contribution in [-0.2, 0) is 4.79 Å². The number of amides is 1. The second kappa shape index (κ2) is 6.14. The molecule has 3 nitrogen and oxygen atoms in total. The van der Waals surface area contributed by atoms with Crippen LogP contribution < -0.4 is 4.90 Å². The van der Waals surface area contributed by atoms with Crippen LogP contribution in [-0.4, -0.2) is 11.7 Å². The van der Waals surface area contributed by atoms with Crippen LogP contribution >= 0.6 is 0 Å². The Morgan fingerprint density at radius 2 is 1.41 bits per heavy atom. The molecule has 0 fully saturated rings. The molecule has 0 spiro atoms. The van der Waals surface area contributed by atoms with Gasteiger partial charge >= 0.3 is 0 Å². The van der Waals surface area contributed by atoms with Gasteiger partial charge in [-0.2, -0.15) is 0 Å². The molecule has 22 heavy (non-hydrogen) atoms. The average Bonchev–Trinajstić information content (AvgIpc) is 2.47. The predicted octanol–water partition coefficient (Wildman–Crippen LogP) is 4.60. The van der Waals surface area contributed by atoms with Gasteiger partial charge in [0, 0.05) is 23.6 Å². The van der Waals surface area contributed by atoms with Gasteiger partial charge in [0.25, 0.3) is 0 Å². The summed E-state index contributed by atoms with van der Waals surface area (Å²) < 4.78 is 0. The van der Waals surface area contributed by atoms with Crippen LogP contribution in [0.1, 0.15) is 38.1 Å². The summed E-state index contributed by atoms with van der Waals surface area (Å²) in [6.45, 7) is 7.15. The van der Waals surface area contributed by atoms with Crippen molar-refractivity contribution in [1.82, 2.24) is 0 Å². The lowest BCUT2D eigenvalue weighted by molar-refractivity contribution is -0.115. The maximum Gasteiger partial charge on any atom is 0.228 e. The highest BCUT2D eigenvalue weighted by atomic mass is 16.2. The maximum absolute atomic E-state index is 12.7. The summed E-state index contributed by atoms with van der Waals surface area (Å²) in [6.07, 6.45) is 0. The third-order valence-corrected chi connectivity index (χ3v) is 3.40. The molecule has 0 aliphatic heterocycles. The van der Waals surface area contributed by atoms with Gasteiger partial charge in [-0.25, -0.2) is 0 Å². The smallest absolute Gasteiger partial charge is 0.228 e. The summed E-state index contributed by atoms with van der Waals surface area (Å²) in [7, 11) is 0. The van der Waals surface area contributed by atoms with Crippen LogP contribution in [0, 0.1) is 5.41 Å². The van der Waals surface area contributed by atoms with Crippen LogP contribution in [0.3, 0.4) is 0 Å². The van der Waals surface area contributed by atoms with E-state index < -0.39 is 5.41 Å². The molecule has 114 valence electrons. The molecule has 2 aromatic carbocycles. The number of para-hydroxylation sites is 2. The van der Waals surface area contributed by atoms with Gasteiger partial charge < -0.3 is 0 Å². The topological polar surface area (TPSA) is 37.4 Å². The van der Waals surface area contributed by atoms with E-state index >= 15 is 0 Å². The Bertz CT molecular complexity index is 684. The standard InChI is InChI=1S/C19H21NO2/c1-14(21)20(15-10-6-5-7-11-15)17-13-9-8-12-16(17)18(22)19(2,3)4/h5-13H,1-4H3. The minimum atomic E-state index is -0.505. The second-order valence-electron chi connectivity index (χ2n) is 6.29. The van der Waals surface area contributed by atoms with Crippen molar-refractivity contribution in [2.75, 3.05) is 4.90 Å². The van der Waals surface area contributed by atoms with Crippen molar-refractivity contribution in [3.05, 3.63) is 60.2 Å². The highest BCUT2D eigenvalue weighted by molar-refractivity contribution is 6.10. The molecule has 0 radical (unpaired) electrons. The third kappa shape index (κ3) is 3.25. The lowest BCUT2D eigenvalue weighted by Gasteiger charge is -2.26. The summed E-state index contributed by atoms with van der Waals surface area (Å²) in [6, 6.07) is 16.6. The van der Waals surface area contributed by atoms with E-state index in [9.17, 15) is 9.59 Å². The fourth-order valence-electron chi connectivity index (χ4n) is 2.33. The van der Waals surface area contributed by atoms with E-state index in [1.165, 1.54) is 6.92 Å². The summed E-state index contributed by atoms with van der Waals surface area (Å²) >= 11 is 0. The molecule has 0 atom stereocenters. The van der Waals surface area contributed by atoms with Crippen molar-refractivity contribution in [2.45, 2.75) is 27.7 Å². The zero-order valence-electron chi connectivity index (χ0n) is 13.5. The molecule has 0 saturated carbocycles. The molecule has 2 rings (SSSR count). The minimum Gasteiger partial charge on any atom is -0.294 e. The first-order chi connectivity index (χ1) is 10.3. The molecule has 0 bridgehead atoms. The van der Waals surface area contributed by atoms with Gasteiger partial charge in [-0.15, -0.1) is 0 Å². The Labute approximate surface area is 131 Å². The monoisotopic (exact) mass is 295 g/mol. The molecule has 0 aliphatic carbocycles. The Morgan fingerprint density at radius 3 is 1.95 bits per heavy atom. The van der Waals surface area contributed by atoms with Crippen molar-refractivity contribution < 1.29 is 9.59 Å². The summed E-state index contributed by atoms with van der Waals surface area (Å²) in [5.41, 5.74) is 1.44. The Balaban J connectivity index is 2.60. The molecular weight excluding hydrogens is 274 g/mol. The van der Waals surface area contributed by atoms with E-state index in [1.54, 1.807) is 11.0 Å². The molecule has 0 N–H and O–H groups in total. The van der Waals surface area contributed by atoms with Crippen molar-refractivity contribution in [3.8, 4) is 0 Å². The van der Waals surface area contributed by atoms with Gasteiger partial charge in [0.1, 0.15) is 0 Å². The number of Topliss-reactive ketones (excluding diaryl/α,β-unsaturated/α-hetero) is 1. The van der Waals surface area contributed by atoms with Crippen LogP contribution in [0.4, 0.5) is 11.4 Å². The first kappa shape index (κ1) is 16.0. The largest absolute Gasteiger partial charge is 0.294 e. The van der Waals surface area contributed by atoms with E-state index in [4.69, 9.17) is 0 Å². The number of carbonyl (C=O) groups excluding carboxylic acids is 2. The fraction of sp³-hybridized carbons (Fsp3) is 0.263. The van der Waals surface area contributed by atoms with Gasteiger partial charge in [-0.05, 0) is 24.3 Å². The Hall–Kier alpha value is -2.42. The van der Waals surface area contributed by atoms with E-state index in [0.717, 1.165) is 5.69 Å². The van der Waals surface area contributed by atoms with Gasteiger partial charge in [-0.1, -0.05) is 51.1 Å². The normalized spacial score (nSPS) is 11.1. The highest BCUT2D eigenvalue weighted by Crippen LogP contribution is 2.32. The number of hydrogen-bond donors (Lipinski definition) is 0. The molecule has 0 aromatic heterocycles. The zero-order valence-corrected chi connectivity index (χ0v) is 13.5. The van der Waals surface area contributed by atoms with Gasteiger partial charge in [-0.3, -0.25) is 14.5 Å². The van der Waals surface area contributed by atoms with E-state index in [0.29, 0.717) is 11.3 Å². The van der Waals surface area contributed by atoms with Crippen LogP contribution in [0.5, 0.6) is 0 Å². The van der Waals surface area contributed by atoms with Crippen molar-refractivity contribution >= 4 is 23.1 Å². The first-order valence-corrected chi connectivity index (χ1v) is 7.32. The molecular formula is C19H21NO2. The summed E-state index contributed by atoms with van der Waals surface area (Å²) in [4.78, 5) is 26.5. The second-order valence-corrected chi connectivity index (χ2v) is 6.29. The first-order valence-electron chi connectivity index (χ1n) is 7.32. The Kier molecular flexibility index (Phi) is 4.45. The third-order valence-electron chi connectivity index (χ3n) is 3.40. The molecule has 0 saturated heterocycles. The number of nitrogens with zero attached hydrogens (tertiary/aromatic N) is 1. The molecule has 0 unspecified atom stereocenters. The van der Waals surface area contributed by atoms with E-state index in [1.807, 2.05) is 69.3 Å². The summed E-state index contributed by atoms with van der Waals surface area (Å²) in [5.74, 6) is -0.106. The molecule has 2 aromatic rings. The quantitative estimate of drug-likeness (QED) is 0.776. The molecule has 3 heteroatoms. The summed E-state index contributed by atoms with van der Waals surface area (Å²) in [5, 5.41) is 0. The lowest BCUT2D eigenvalue weighted by Crippen LogP contribution is -2.27. The number of carbonyl (C=O) groups is 2. The van der Waals surface area contributed by atoms with Gasteiger partial charge in [0.2, 0.25) is 5.91 Å². The predicted molar refractivity (Wildman–Crippen MR) is 89.5 cm³/mol. The number of benzene rings is 2. The van der Waals surface area contributed by atoms with E-state index in [-0.39, 0.29) is 11.7 Å². The maximum atomic E-state index is 12.7. The minimum absolute atomic E-state index is 0.0188. The molecule has 1 amide bonds. The van der Waals surface area contributed by atoms with E-state index in [2.05, 4.69) is 0 Å². The lowest BCUT2D eigenvalue weighted by atomic mass is 9.85. The van der Waals surface area contributed by atoms with Gasteiger partial charge in [0.15, 0.2) is 5.78 Å². The Morgan fingerprint density at radius 1 is 0.864 bits per heavy atom. The number of anilines is 2.